The second-order valence-corrected chi connectivity index (χ2v) is 22.7. The lowest BCUT2D eigenvalue weighted by Crippen LogP contribution is -2.30. The molecule has 0 aliphatic carbocycles. The Morgan fingerprint density at radius 3 is 0.770 bits per heavy atom. The average Bonchev–Trinajstić information content (AvgIpc) is 3.40. The summed E-state index contributed by atoms with van der Waals surface area (Å²) in [6, 6.07) is 0. The minimum absolute atomic E-state index is 0.0717. The SMILES string of the molecule is CCCCC/C=C\C/C=C\CCCCCCCC(=O)OC(COC(=O)CCCCCCCCCCC)COC(=O)CCCCCCCCCCCCCCCCCCCCCCCCCCCCCCCCCC. The van der Waals surface area contributed by atoms with Crippen molar-refractivity contribution < 1.29 is 28.6 Å². The van der Waals surface area contributed by atoms with E-state index in [1.807, 2.05) is 0 Å². The van der Waals surface area contributed by atoms with Crippen molar-refractivity contribution in [3.63, 3.8) is 0 Å². The van der Waals surface area contributed by atoms with E-state index in [0.29, 0.717) is 19.3 Å². The molecule has 0 aromatic carbocycles. The van der Waals surface area contributed by atoms with Crippen LogP contribution in [0.1, 0.15) is 374 Å². The number of allylic oxidation sites excluding steroid dienone is 4. The van der Waals surface area contributed by atoms with Crippen LogP contribution in [-0.4, -0.2) is 37.2 Å². The number of esters is 3. The molecule has 0 fully saturated rings. The maximum Gasteiger partial charge on any atom is 0.306 e. The van der Waals surface area contributed by atoms with Crippen LogP contribution in [0.5, 0.6) is 0 Å². The van der Waals surface area contributed by atoms with Gasteiger partial charge in [0.05, 0.1) is 0 Å². The van der Waals surface area contributed by atoms with Crippen LogP contribution >= 0.6 is 0 Å². The fourth-order valence-electron chi connectivity index (χ4n) is 10.2. The van der Waals surface area contributed by atoms with Crippen LogP contribution in [0.25, 0.3) is 0 Å². The van der Waals surface area contributed by atoms with Gasteiger partial charge in [-0.15, -0.1) is 0 Å². The summed E-state index contributed by atoms with van der Waals surface area (Å²) in [7, 11) is 0. The molecule has 1 atom stereocenters. The Bertz CT molecular complexity index is 1190. The molecular weight excluding hydrogens is 913 g/mol. The predicted octanol–water partition coefficient (Wildman–Crippen LogP) is 22.6. The van der Waals surface area contributed by atoms with Crippen LogP contribution in [0.3, 0.4) is 0 Å². The molecule has 0 spiro atoms. The van der Waals surface area contributed by atoms with Crippen molar-refractivity contribution in [2.75, 3.05) is 13.2 Å². The number of hydrogen-bond acceptors (Lipinski definition) is 6. The molecule has 0 N–H and O–H groups in total. The minimum Gasteiger partial charge on any atom is -0.462 e. The third kappa shape index (κ3) is 60.8. The van der Waals surface area contributed by atoms with Gasteiger partial charge in [-0.1, -0.05) is 328 Å². The molecule has 0 heterocycles. The highest BCUT2D eigenvalue weighted by atomic mass is 16.6. The van der Waals surface area contributed by atoms with Crippen molar-refractivity contribution in [1.29, 1.82) is 0 Å². The summed E-state index contributed by atoms with van der Waals surface area (Å²) >= 11 is 0. The summed E-state index contributed by atoms with van der Waals surface area (Å²) in [5, 5.41) is 0. The van der Waals surface area contributed by atoms with Crippen LogP contribution in [0.15, 0.2) is 24.3 Å². The molecule has 1 unspecified atom stereocenters. The Morgan fingerprint density at radius 1 is 0.270 bits per heavy atom. The smallest absolute Gasteiger partial charge is 0.306 e. The Kier molecular flexibility index (Phi) is 61.6. The molecule has 0 saturated heterocycles. The van der Waals surface area contributed by atoms with Crippen LogP contribution in [0, 0.1) is 0 Å². The first kappa shape index (κ1) is 71.9. The van der Waals surface area contributed by atoms with Gasteiger partial charge in [0.15, 0.2) is 6.10 Å². The zero-order valence-corrected chi connectivity index (χ0v) is 50.1. The molecule has 0 aromatic heterocycles. The van der Waals surface area contributed by atoms with Crippen LogP contribution in [0.2, 0.25) is 0 Å². The average molecular weight is 1040 g/mol. The predicted molar refractivity (Wildman–Crippen MR) is 321 cm³/mol. The van der Waals surface area contributed by atoms with Gasteiger partial charge in [0.1, 0.15) is 13.2 Å². The molecule has 0 aromatic rings. The lowest BCUT2D eigenvalue weighted by Gasteiger charge is -2.18. The van der Waals surface area contributed by atoms with E-state index in [1.54, 1.807) is 0 Å². The van der Waals surface area contributed by atoms with Gasteiger partial charge in [-0.05, 0) is 51.4 Å². The van der Waals surface area contributed by atoms with E-state index >= 15 is 0 Å². The van der Waals surface area contributed by atoms with Gasteiger partial charge in [0, 0.05) is 19.3 Å². The highest BCUT2D eigenvalue weighted by Gasteiger charge is 2.19. The van der Waals surface area contributed by atoms with Crippen molar-refractivity contribution in [2.45, 2.75) is 380 Å². The van der Waals surface area contributed by atoms with E-state index in [9.17, 15) is 14.4 Å². The summed E-state index contributed by atoms with van der Waals surface area (Å²) in [4.78, 5) is 38.1. The van der Waals surface area contributed by atoms with E-state index in [2.05, 4.69) is 45.1 Å². The van der Waals surface area contributed by atoms with Gasteiger partial charge in [-0.3, -0.25) is 14.4 Å². The molecule has 74 heavy (non-hydrogen) atoms. The van der Waals surface area contributed by atoms with Gasteiger partial charge in [-0.2, -0.15) is 0 Å². The Morgan fingerprint density at radius 2 is 0.486 bits per heavy atom. The second-order valence-electron chi connectivity index (χ2n) is 22.7. The molecule has 6 nitrogen and oxygen atoms in total. The van der Waals surface area contributed by atoms with Crippen molar-refractivity contribution in [2.24, 2.45) is 0 Å². The summed E-state index contributed by atoms with van der Waals surface area (Å²) in [5.41, 5.74) is 0. The highest BCUT2D eigenvalue weighted by molar-refractivity contribution is 5.71. The fourth-order valence-corrected chi connectivity index (χ4v) is 10.2. The van der Waals surface area contributed by atoms with Crippen LogP contribution < -0.4 is 0 Å². The van der Waals surface area contributed by atoms with Crippen LogP contribution in [0.4, 0.5) is 0 Å². The van der Waals surface area contributed by atoms with Crippen molar-refractivity contribution in [3.05, 3.63) is 24.3 Å². The molecule has 436 valence electrons. The molecule has 0 saturated carbocycles. The molecule has 0 aliphatic heterocycles. The molecule has 0 radical (unpaired) electrons. The highest BCUT2D eigenvalue weighted by Crippen LogP contribution is 2.18. The number of carbonyl (C=O) groups is 3. The molecular formula is C68H128O6. The molecule has 0 rings (SSSR count). The van der Waals surface area contributed by atoms with E-state index < -0.39 is 6.10 Å². The first-order chi connectivity index (χ1) is 36.5. The Balaban J connectivity index is 4.00. The Labute approximate surface area is 462 Å². The third-order valence-corrected chi connectivity index (χ3v) is 15.2. The topological polar surface area (TPSA) is 78.9 Å². The normalized spacial score (nSPS) is 12.1. The summed E-state index contributed by atoms with van der Waals surface area (Å²) in [6.45, 7) is 6.64. The number of hydrogen-bond donors (Lipinski definition) is 0. The fraction of sp³-hybridized carbons (Fsp3) is 0.897. The Hall–Kier alpha value is -2.11. The zero-order valence-electron chi connectivity index (χ0n) is 50.1. The number of rotatable bonds is 62. The summed E-state index contributed by atoms with van der Waals surface area (Å²) < 4.78 is 16.9. The largest absolute Gasteiger partial charge is 0.462 e. The number of ether oxygens (including phenoxy) is 3. The first-order valence-corrected chi connectivity index (χ1v) is 33.3. The first-order valence-electron chi connectivity index (χ1n) is 33.3. The monoisotopic (exact) mass is 1040 g/mol. The van der Waals surface area contributed by atoms with Gasteiger partial charge >= 0.3 is 17.9 Å². The van der Waals surface area contributed by atoms with Crippen molar-refractivity contribution >= 4 is 17.9 Å². The van der Waals surface area contributed by atoms with E-state index in [-0.39, 0.29) is 31.1 Å². The molecule has 0 aliphatic rings. The molecule has 0 bridgehead atoms. The van der Waals surface area contributed by atoms with Crippen molar-refractivity contribution in [3.8, 4) is 0 Å². The van der Waals surface area contributed by atoms with E-state index in [1.165, 1.54) is 257 Å². The maximum absolute atomic E-state index is 12.8. The third-order valence-electron chi connectivity index (χ3n) is 15.2. The summed E-state index contributed by atoms with van der Waals surface area (Å²) in [6.07, 6.45) is 76.6. The number of carbonyl (C=O) groups excluding carboxylic acids is 3. The second kappa shape index (κ2) is 63.4. The van der Waals surface area contributed by atoms with Gasteiger partial charge in [0.2, 0.25) is 0 Å². The van der Waals surface area contributed by atoms with Gasteiger partial charge in [-0.25, -0.2) is 0 Å². The zero-order chi connectivity index (χ0) is 53.6. The van der Waals surface area contributed by atoms with Gasteiger partial charge < -0.3 is 14.2 Å². The lowest BCUT2D eigenvalue weighted by molar-refractivity contribution is -0.167. The maximum atomic E-state index is 12.8. The van der Waals surface area contributed by atoms with E-state index in [4.69, 9.17) is 14.2 Å². The quantitative estimate of drug-likeness (QED) is 0.0261. The standard InChI is InChI=1S/C68H128O6/c1-4-7-10-13-16-19-21-23-25-26-27-28-29-30-31-32-33-34-35-36-37-38-39-40-41-43-44-46-49-52-55-58-61-67(70)73-64-65(63-72-66(69)60-57-54-51-48-18-15-12-9-6-3)74-68(71)62-59-56-53-50-47-45-42-24-22-20-17-14-11-8-5-2/h17,20,24,42,65H,4-16,18-19,21-23,25-41,43-64H2,1-3H3/b20-17-,42-24-. The number of unbranched alkanes of at least 4 members (excludes halogenated alkanes) is 47. The lowest BCUT2D eigenvalue weighted by atomic mass is 10.0. The van der Waals surface area contributed by atoms with Crippen molar-refractivity contribution in [1.82, 2.24) is 0 Å². The van der Waals surface area contributed by atoms with E-state index in [0.717, 1.165) is 77.0 Å². The van der Waals surface area contributed by atoms with Crippen LogP contribution in [-0.2, 0) is 28.6 Å². The molecule has 6 heteroatoms. The summed E-state index contributed by atoms with van der Waals surface area (Å²) in [5.74, 6) is -0.866. The minimum atomic E-state index is -0.773. The van der Waals surface area contributed by atoms with Gasteiger partial charge in [0.25, 0.3) is 0 Å². The molecule has 0 amide bonds.